The normalized spacial score (nSPS) is 11.4. The number of benzene rings is 2. The summed E-state index contributed by atoms with van der Waals surface area (Å²) in [5.41, 5.74) is -0.732. The number of carbonyl (C=O) groups excluding carboxylic acids is 1. The third-order valence-electron chi connectivity index (χ3n) is 4.54. The molecule has 0 aliphatic rings. The van der Waals surface area contributed by atoms with Crippen LogP contribution in [0.15, 0.2) is 65.5 Å². The fourth-order valence-corrected chi connectivity index (χ4v) is 3.05. The van der Waals surface area contributed by atoms with Gasteiger partial charge in [0, 0.05) is 17.9 Å². The molecule has 1 N–H and O–H groups in total. The number of hydrogen-bond acceptors (Lipinski definition) is 2. The molecule has 0 saturated heterocycles. The smallest absolute Gasteiger partial charge is 0.352 e. The zero-order chi connectivity index (χ0) is 21.9. The number of carbonyl (C=O) groups is 1. The van der Waals surface area contributed by atoms with Crippen molar-refractivity contribution in [2.45, 2.75) is 19.5 Å². The quantitative estimate of drug-likeness (QED) is 0.629. The lowest BCUT2D eigenvalue weighted by Gasteiger charge is -2.14. The van der Waals surface area contributed by atoms with Gasteiger partial charge in [-0.15, -0.1) is 0 Å². The molecule has 0 radical (unpaired) electrons. The number of nitrogens with zero attached hydrogens (tertiary/aromatic N) is 1. The third-order valence-corrected chi connectivity index (χ3v) is 4.54. The Labute approximate surface area is 169 Å². The molecule has 0 atom stereocenters. The van der Waals surface area contributed by atoms with Crippen LogP contribution in [0, 0.1) is 12.7 Å². The highest BCUT2D eigenvalue weighted by atomic mass is 19.4. The lowest BCUT2D eigenvalue weighted by Crippen LogP contribution is -2.34. The Balaban J connectivity index is 1.84. The van der Waals surface area contributed by atoms with Gasteiger partial charge in [0.25, 0.3) is 11.5 Å². The Morgan fingerprint density at radius 3 is 2.47 bits per heavy atom. The summed E-state index contributed by atoms with van der Waals surface area (Å²) in [6, 6.07) is 13.1. The van der Waals surface area contributed by atoms with Crippen molar-refractivity contribution in [2.24, 2.45) is 0 Å². The molecule has 0 unspecified atom stereocenters. The number of aryl methyl sites for hydroxylation is 1. The number of nitrogens with one attached hydrogen (secondary N) is 1. The van der Waals surface area contributed by atoms with E-state index in [-0.39, 0.29) is 23.6 Å². The lowest BCUT2D eigenvalue weighted by atomic mass is 10.1. The number of alkyl halides is 3. The van der Waals surface area contributed by atoms with Crippen LogP contribution in [-0.4, -0.2) is 17.0 Å². The van der Waals surface area contributed by atoms with Gasteiger partial charge in [0.2, 0.25) is 0 Å². The van der Waals surface area contributed by atoms with Crippen molar-refractivity contribution in [3.05, 3.63) is 99.2 Å². The highest BCUT2D eigenvalue weighted by Crippen LogP contribution is 2.30. The second kappa shape index (κ2) is 8.52. The summed E-state index contributed by atoms with van der Waals surface area (Å²) in [4.78, 5) is 25.3. The fraction of sp³-hybridized carbons (Fsp3) is 0.182. The zero-order valence-electron chi connectivity index (χ0n) is 16.0. The first-order chi connectivity index (χ1) is 14.2. The summed E-state index contributed by atoms with van der Waals surface area (Å²) in [6.07, 6.45) is -4.20. The highest BCUT2D eigenvalue weighted by molar-refractivity contribution is 5.93. The summed E-state index contributed by atoms with van der Waals surface area (Å²) in [7, 11) is 0. The Kier molecular flexibility index (Phi) is 6.05. The molecule has 1 heterocycles. The molecule has 1 amide bonds. The van der Waals surface area contributed by atoms with E-state index in [4.69, 9.17) is 0 Å². The second-order valence-corrected chi connectivity index (χ2v) is 6.71. The van der Waals surface area contributed by atoms with Crippen LogP contribution in [0.2, 0.25) is 0 Å². The summed E-state index contributed by atoms with van der Waals surface area (Å²) < 4.78 is 53.3. The minimum absolute atomic E-state index is 0.0155. The SMILES string of the molecule is Cc1ccc(C(=O)NCCc2cccc(F)c2)c(=O)n1-c1cccc(C(F)(F)F)c1. The molecule has 2 aromatic carbocycles. The average Bonchev–Trinajstić information content (AvgIpc) is 2.67. The van der Waals surface area contributed by atoms with Crippen molar-refractivity contribution >= 4 is 5.91 Å². The van der Waals surface area contributed by atoms with Gasteiger partial charge in [-0.25, -0.2) is 4.39 Å². The highest BCUT2D eigenvalue weighted by Gasteiger charge is 2.30. The van der Waals surface area contributed by atoms with Crippen LogP contribution in [0.25, 0.3) is 5.69 Å². The molecule has 3 rings (SSSR count). The van der Waals surface area contributed by atoms with Crippen molar-refractivity contribution in [3.8, 4) is 5.69 Å². The largest absolute Gasteiger partial charge is 0.416 e. The van der Waals surface area contributed by atoms with E-state index in [1.807, 2.05) is 0 Å². The number of amides is 1. The van der Waals surface area contributed by atoms with Gasteiger partial charge in [-0.05, 0) is 61.4 Å². The minimum atomic E-state index is -4.56. The molecule has 156 valence electrons. The van der Waals surface area contributed by atoms with Gasteiger partial charge in [-0.1, -0.05) is 18.2 Å². The van der Waals surface area contributed by atoms with Gasteiger partial charge >= 0.3 is 6.18 Å². The summed E-state index contributed by atoms with van der Waals surface area (Å²) in [5, 5.41) is 2.59. The van der Waals surface area contributed by atoms with Crippen LogP contribution in [0.4, 0.5) is 17.6 Å². The molecule has 1 aromatic heterocycles. The van der Waals surface area contributed by atoms with Crippen molar-refractivity contribution in [1.82, 2.24) is 9.88 Å². The van der Waals surface area contributed by atoms with Gasteiger partial charge in [-0.2, -0.15) is 13.2 Å². The fourth-order valence-electron chi connectivity index (χ4n) is 3.05. The van der Waals surface area contributed by atoms with Crippen molar-refractivity contribution < 1.29 is 22.4 Å². The number of rotatable bonds is 5. The standard InChI is InChI=1S/C22H18F4N2O2/c1-14-8-9-19(20(29)27-11-10-15-4-2-6-17(23)12-15)21(30)28(14)18-7-3-5-16(13-18)22(24,25)26/h2-9,12-13H,10-11H2,1H3,(H,27,29). The molecule has 4 nitrogen and oxygen atoms in total. The van der Waals surface area contributed by atoms with Crippen LogP contribution >= 0.6 is 0 Å². The first kappa shape index (κ1) is 21.3. The van der Waals surface area contributed by atoms with Gasteiger partial charge in [-0.3, -0.25) is 14.2 Å². The number of pyridine rings is 1. The summed E-state index contributed by atoms with van der Waals surface area (Å²) >= 11 is 0. The van der Waals surface area contributed by atoms with Crippen LogP contribution in [0.5, 0.6) is 0 Å². The first-order valence-corrected chi connectivity index (χ1v) is 9.10. The van der Waals surface area contributed by atoms with Gasteiger partial charge < -0.3 is 5.32 Å². The Bertz CT molecular complexity index is 1140. The Morgan fingerprint density at radius 2 is 1.77 bits per heavy atom. The molecule has 0 fully saturated rings. The van der Waals surface area contributed by atoms with Crippen LogP contribution in [0.3, 0.4) is 0 Å². The van der Waals surface area contributed by atoms with E-state index >= 15 is 0 Å². The van der Waals surface area contributed by atoms with Crippen LogP contribution in [0.1, 0.15) is 27.2 Å². The topological polar surface area (TPSA) is 51.1 Å². The van der Waals surface area contributed by atoms with E-state index in [1.54, 1.807) is 19.1 Å². The third kappa shape index (κ3) is 4.76. The van der Waals surface area contributed by atoms with E-state index in [0.29, 0.717) is 17.7 Å². The van der Waals surface area contributed by atoms with Crippen molar-refractivity contribution in [1.29, 1.82) is 0 Å². The molecule has 0 spiro atoms. The van der Waals surface area contributed by atoms with E-state index in [1.165, 1.54) is 36.4 Å². The maximum absolute atomic E-state index is 13.2. The van der Waals surface area contributed by atoms with Gasteiger partial charge in [0.15, 0.2) is 0 Å². The maximum atomic E-state index is 13.2. The minimum Gasteiger partial charge on any atom is -0.352 e. The first-order valence-electron chi connectivity index (χ1n) is 9.10. The molecule has 0 aliphatic carbocycles. The van der Waals surface area contributed by atoms with Crippen LogP contribution in [-0.2, 0) is 12.6 Å². The molecular formula is C22H18F4N2O2. The number of aromatic nitrogens is 1. The predicted octanol–water partition coefficient (Wildman–Crippen LogP) is 4.28. The molecule has 0 bridgehead atoms. The van der Waals surface area contributed by atoms with Crippen molar-refractivity contribution in [2.75, 3.05) is 6.54 Å². The summed E-state index contributed by atoms with van der Waals surface area (Å²) in [5.74, 6) is -1.04. The number of hydrogen-bond donors (Lipinski definition) is 1. The Morgan fingerprint density at radius 1 is 1.03 bits per heavy atom. The predicted molar refractivity (Wildman–Crippen MR) is 104 cm³/mol. The van der Waals surface area contributed by atoms with E-state index in [0.717, 1.165) is 16.7 Å². The van der Waals surface area contributed by atoms with E-state index in [2.05, 4.69) is 5.32 Å². The average molecular weight is 418 g/mol. The molecular weight excluding hydrogens is 400 g/mol. The monoisotopic (exact) mass is 418 g/mol. The maximum Gasteiger partial charge on any atom is 0.416 e. The molecule has 0 saturated carbocycles. The number of halogens is 4. The second-order valence-electron chi connectivity index (χ2n) is 6.71. The Hall–Kier alpha value is -3.42. The summed E-state index contributed by atoms with van der Waals surface area (Å²) in [6.45, 7) is 1.73. The molecule has 0 aliphatic heterocycles. The van der Waals surface area contributed by atoms with Crippen LogP contribution < -0.4 is 10.9 Å². The van der Waals surface area contributed by atoms with Gasteiger partial charge in [0.05, 0.1) is 5.56 Å². The van der Waals surface area contributed by atoms with Crippen molar-refractivity contribution in [3.63, 3.8) is 0 Å². The zero-order valence-corrected chi connectivity index (χ0v) is 16.0. The lowest BCUT2D eigenvalue weighted by molar-refractivity contribution is -0.137. The van der Waals surface area contributed by atoms with Gasteiger partial charge in [0.1, 0.15) is 11.4 Å². The molecule has 3 aromatic rings. The molecule has 30 heavy (non-hydrogen) atoms. The van der Waals surface area contributed by atoms with E-state index < -0.39 is 23.2 Å². The van der Waals surface area contributed by atoms with E-state index in [9.17, 15) is 27.2 Å². The molecule has 8 heteroatoms.